The van der Waals surface area contributed by atoms with Gasteiger partial charge in [-0.25, -0.2) is 0 Å². The molecule has 2 N–H and O–H groups in total. The van der Waals surface area contributed by atoms with Gasteiger partial charge in [-0.3, -0.25) is 0 Å². The van der Waals surface area contributed by atoms with E-state index in [0.717, 1.165) is 33.9 Å². The molecule has 0 aliphatic rings. The molecule has 0 heterocycles. The molecule has 0 aliphatic carbocycles. The Hall–Kier alpha value is -2.34. The maximum atomic E-state index is 9.30. The number of rotatable bonds is 14. The maximum absolute atomic E-state index is 9.30. The second-order valence-corrected chi connectivity index (χ2v) is 26.7. The van der Waals surface area contributed by atoms with Crippen LogP contribution in [-0.4, -0.2) is 48.9 Å². The van der Waals surface area contributed by atoms with E-state index in [9.17, 15) is 10.0 Å². The third-order valence-corrected chi connectivity index (χ3v) is 8.82. The molecular formula is C31H47BO6Si3. The van der Waals surface area contributed by atoms with Crippen LogP contribution in [0.3, 0.4) is 0 Å². The van der Waals surface area contributed by atoms with Crippen molar-refractivity contribution in [3.8, 4) is 17.2 Å². The Morgan fingerprint density at radius 1 is 0.537 bits per heavy atom. The smallest absolute Gasteiger partial charge is 0.544 e. The van der Waals surface area contributed by atoms with Crippen LogP contribution in [0.1, 0.15) is 29.5 Å². The standard InChI is InChI=1S/C31H47BO6Si3/c1-39(2,3)36-28-17-11-25(12-18-28)31(23-10-24-35-32(33)34,26-13-19-29(20-14-26)37-40(4,5)6)27-15-21-30(22-16-27)38-41(7,8)9/h11-22,33-34H,10,23-24H2,1-9H3. The molecule has 0 saturated heterocycles. The lowest BCUT2D eigenvalue weighted by Gasteiger charge is -2.37. The topological polar surface area (TPSA) is 77.4 Å². The summed E-state index contributed by atoms with van der Waals surface area (Å²) in [4.78, 5) is 0. The van der Waals surface area contributed by atoms with Gasteiger partial charge in [-0.1, -0.05) is 36.4 Å². The van der Waals surface area contributed by atoms with Gasteiger partial charge in [-0.05, 0) is 125 Å². The van der Waals surface area contributed by atoms with Crippen LogP contribution >= 0.6 is 0 Å². The second-order valence-electron chi connectivity index (χ2n) is 13.4. The summed E-state index contributed by atoms with van der Waals surface area (Å²) in [6.07, 6.45) is 1.28. The molecule has 0 fully saturated rings. The maximum Gasteiger partial charge on any atom is 0.633 e. The van der Waals surface area contributed by atoms with E-state index in [-0.39, 0.29) is 6.61 Å². The minimum Gasteiger partial charge on any atom is -0.544 e. The molecule has 3 aromatic carbocycles. The van der Waals surface area contributed by atoms with Gasteiger partial charge in [-0.2, -0.15) is 0 Å². The van der Waals surface area contributed by atoms with Gasteiger partial charge in [0, 0.05) is 12.0 Å². The SMILES string of the molecule is C[Si](C)(C)Oc1ccc(C(CCCOB(O)O)(c2ccc(O[Si](C)(C)C)cc2)c2ccc(O[Si](C)(C)C)cc2)cc1. The molecule has 0 aliphatic heterocycles. The third-order valence-electron chi connectivity index (χ3n) is 6.28. The zero-order valence-corrected chi connectivity index (χ0v) is 29.2. The Morgan fingerprint density at radius 3 is 1.07 bits per heavy atom. The normalized spacial score (nSPS) is 12.7. The fourth-order valence-electron chi connectivity index (χ4n) is 4.94. The average Bonchev–Trinajstić information content (AvgIpc) is 2.83. The van der Waals surface area contributed by atoms with Crippen molar-refractivity contribution in [1.29, 1.82) is 0 Å². The van der Waals surface area contributed by atoms with Gasteiger partial charge >= 0.3 is 7.32 Å². The second kappa shape index (κ2) is 13.3. The minimum absolute atomic E-state index is 0.212. The van der Waals surface area contributed by atoms with Gasteiger partial charge in [0.05, 0.1) is 0 Å². The van der Waals surface area contributed by atoms with E-state index in [1.54, 1.807) is 0 Å². The Kier molecular flexibility index (Phi) is 10.8. The van der Waals surface area contributed by atoms with E-state index in [1.165, 1.54) is 0 Å². The van der Waals surface area contributed by atoms with E-state index < -0.39 is 37.7 Å². The van der Waals surface area contributed by atoms with E-state index in [4.69, 9.17) is 17.9 Å². The highest BCUT2D eigenvalue weighted by Crippen LogP contribution is 2.45. The molecule has 0 bridgehead atoms. The molecule has 6 nitrogen and oxygen atoms in total. The molecule has 0 atom stereocenters. The molecular weight excluding hydrogens is 563 g/mol. The Morgan fingerprint density at radius 2 is 0.829 bits per heavy atom. The van der Waals surface area contributed by atoms with Crippen molar-refractivity contribution >= 4 is 32.3 Å². The van der Waals surface area contributed by atoms with Crippen molar-refractivity contribution in [1.82, 2.24) is 0 Å². The summed E-state index contributed by atoms with van der Waals surface area (Å²) >= 11 is 0. The molecule has 0 saturated carbocycles. The van der Waals surface area contributed by atoms with E-state index in [1.807, 2.05) is 0 Å². The predicted molar refractivity (Wildman–Crippen MR) is 177 cm³/mol. The highest BCUT2D eigenvalue weighted by Gasteiger charge is 2.37. The van der Waals surface area contributed by atoms with E-state index in [0.29, 0.717) is 12.8 Å². The quantitative estimate of drug-likeness (QED) is 0.112. The summed E-state index contributed by atoms with van der Waals surface area (Å²) in [6, 6.07) is 25.2. The lowest BCUT2D eigenvalue weighted by molar-refractivity contribution is 0.179. The van der Waals surface area contributed by atoms with E-state index in [2.05, 4.69) is 132 Å². The monoisotopic (exact) mass is 610 g/mol. The van der Waals surface area contributed by atoms with Crippen molar-refractivity contribution in [2.75, 3.05) is 6.61 Å². The van der Waals surface area contributed by atoms with Gasteiger partial charge in [0.2, 0.25) is 25.0 Å². The molecule has 3 rings (SSSR count). The van der Waals surface area contributed by atoms with Gasteiger partial charge in [0.15, 0.2) is 0 Å². The molecule has 0 amide bonds. The zero-order chi connectivity index (χ0) is 30.5. The average molecular weight is 611 g/mol. The van der Waals surface area contributed by atoms with Crippen molar-refractivity contribution in [2.24, 2.45) is 0 Å². The summed E-state index contributed by atoms with van der Waals surface area (Å²) in [5.74, 6) is 2.60. The van der Waals surface area contributed by atoms with Gasteiger partial charge in [-0.15, -0.1) is 0 Å². The largest absolute Gasteiger partial charge is 0.633 e. The first-order valence-electron chi connectivity index (χ1n) is 14.3. The van der Waals surface area contributed by atoms with Crippen LogP contribution in [0, 0.1) is 0 Å². The molecule has 0 aromatic heterocycles. The third kappa shape index (κ3) is 10.2. The molecule has 0 unspecified atom stereocenters. The van der Waals surface area contributed by atoms with Crippen LogP contribution in [0.15, 0.2) is 72.8 Å². The van der Waals surface area contributed by atoms with Crippen molar-refractivity contribution in [3.05, 3.63) is 89.5 Å². The molecule has 0 radical (unpaired) electrons. The van der Waals surface area contributed by atoms with Crippen LogP contribution in [0.5, 0.6) is 17.2 Å². The fourth-order valence-corrected chi connectivity index (χ4v) is 7.47. The Bertz CT molecular complexity index is 1090. The number of hydrogen-bond donors (Lipinski definition) is 2. The highest BCUT2D eigenvalue weighted by molar-refractivity contribution is 6.71. The first-order chi connectivity index (χ1) is 19.0. The first-order valence-corrected chi connectivity index (χ1v) is 24.6. The van der Waals surface area contributed by atoms with Crippen molar-refractivity contribution < 1.29 is 28.0 Å². The lowest BCUT2D eigenvalue weighted by Crippen LogP contribution is -2.32. The zero-order valence-electron chi connectivity index (χ0n) is 26.2. The van der Waals surface area contributed by atoms with E-state index >= 15 is 0 Å². The summed E-state index contributed by atoms with van der Waals surface area (Å²) in [7, 11) is -7.08. The minimum atomic E-state index is -1.79. The lowest BCUT2D eigenvalue weighted by atomic mass is 9.66. The van der Waals surface area contributed by atoms with Crippen LogP contribution in [0.2, 0.25) is 58.9 Å². The number of benzene rings is 3. The summed E-state index contributed by atoms with van der Waals surface area (Å²) in [5, 5.41) is 18.6. The molecule has 222 valence electrons. The summed E-state index contributed by atoms with van der Waals surface area (Å²) < 4.78 is 23.9. The number of hydrogen-bond acceptors (Lipinski definition) is 6. The van der Waals surface area contributed by atoms with Crippen LogP contribution < -0.4 is 13.3 Å². The van der Waals surface area contributed by atoms with Crippen LogP contribution in [0.25, 0.3) is 0 Å². The van der Waals surface area contributed by atoms with Crippen LogP contribution in [0.4, 0.5) is 0 Å². The molecule has 3 aromatic rings. The van der Waals surface area contributed by atoms with Crippen molar-refractivity contribution in [3.63, 3.8) is 0 Å². The van der Waals surface area contributed by atoms with Gasteiger partial charge in [0.1, 0.15) is 17.2 Å². The summed E-state index contributed by atoms with van der Waals surface area (Å²) in [6.45, 7) is 19.8. The Labute approximate surface area is 250 Å². The predicted octanol–water partition coefficient (Wildman–Crippen LogP) is 7.43. The highest BCUT2D eigenvalue weighted by atomic mass is 28.4. The van der Waals surface area contributed by atoms with Crippen molar-refractivity contribution in [2.45, 2.75) is 77.2 Å². The van der Waals surface area contributed by atoms with Gasteiger partial charge in [0.25, 0.3) is 0 Å². The molecule has 10 heteroatoms. The Balaban J connectivity index is 2.16. The van der Waals surface area contributed by atoms with Gasteiger partial charge < -0.3 is 28.0 Å². The summed E-state index contributed by atoms with van der Waals surface area (Å²) in [5.41, 5.74) is 2.80. The molecule has 41 heavy (non-hydrogen) atoms. The fraction of sp³-hybridized carbons (Fsp3) is 0.419. The van der Waals surface area contributed by atoms with Crippen LogP contribution in [-0.2, 0) is 10.1 Å². The first kappa shape index (κ1) is 33.2. The molecule has 0 spiro atoms.